The van der Waals surface area contributed by atoms with Crippen LogP contribution in [0, 0.1) is 0 Å². The molecule has 0 aliphatic carbocycles. The van der Waals surface area contributed by atoms with Gasteiger partial charge in [-0.2, -0.15) is 5.10 Å². The van der Waals surface area contributed by atoms with Crippen LogP contribution in [0.1, 0.15) is 18.4 Å². The van der Waals surface area contributed by atoms with Crippen LogP contribution in [0.25, 0.3) is 5.52 Å². The molecule has 3 heterocycles. The average Bonchev–Trinajstić information content (AvgIpc) is 3.30. The van der Waals surface area contributed by atoms with Crippen molar-refractivity contribution in [2.45, 2.75) is 25.5 Å². The topological polar surface area (TPSA) is 67.6 Å². The van der Waals surface area contributed by atoms with E-state index >= 15 is 0 Å². The van der Waals surface area contributed by atoms with Crippen molar-refractivity contribution < 1.29 is 4.74 Å². The number of rotatable bonds is 6. The van der Waals surface area contributed by atoms with Crippen molar-refractivity contribution in [1.29, 1.82) is 0 Å². The van der Waals surface area contributed by atoms with Crippen molar-refractivity contribution in [3.63, 3.8) is 0 Å². The summed E-state index contributed by atoms with van der Waals surface area (Å²) in [6.45, 7) is 2.52. The minimum atomic E-state index is 0.337. The number of benzene rings is 2. The first-order chi connectivity index (χ1) is 14.9. The fraction of sp³-hybridized carbons (Fsp3) is 0.261. The average molecular weight is 400 g/mol. The Bertz CT molecular complexity index is 1110. The summed E-state index contributed by atoms with van der Waals surface area (Å²) >= 11 is 0. The molecule has 1 N–H and O–H groups in total. The number of aromatic nitrogens is 4. The van der Waals surface area contributed by atoms with Gasteiger partial charge in [-0.05, 0) is 43.6 Å². The Kier molecular flexibility index (Phi) is 5.26. The van der Waals surface area contributed by atoms with Gasteiger partial charge in [-0.1, -0.05) is 36.4 Å². The van der Waals surface area contributed by atoms with Crippen molar-refractivity contribution >= 4 is 17.0 Å². The molecule has 5 rings (SSSR count). The molecular weight excluding hydrogens is 376 g/mol. The summed E-state index contributed by atoms with van der Waals surface area (Å²) in [7, 11) is 0. The maximum absolute atomic E-state index is 6.09. The number of fused-ring (bicyclic) bond motifs is 1. The summed E-state index contributed by atoms with van der Waals surface area (Å²) in [4.78, 5) is 11.2. The molecule has 0 unspecified atom stereocenters. The monoisotopic (exact) mass is 400 g/mol. The highest BCUT2D eigenvalue weighted by Crippen LogP contribution is 2.34. The standard InChI is InChI=1S/C23H24N6O/c1-2-5-18(6-3-1)15-30-21-8-4-7-20(13-21)29(19-9-11-24-12-10-19)23-22-14-25-17-28(22)27-16-26-23/h1-8,13-14,16-17,19,24H,9-12,15H2. The summed E-state index contributed by atoms with van der Waals surface area (Å²) in [6.07, 6.45) is 7.20. The molecule has 1 aliphatic rings. The lowest BCUT2D eigenvalue weighted by molar-refractivity contribution is 0.306. The van der Waals surface area contributed by atoms with Crippen LogP contribution in [-0.2, 0) is 6.61 Å². The lowest BCUT2D eigenvalue weighted by atomic mass is 10.0. The zero-order valence-electron chi connectivity index (χ0n) is 16.7. The first kappa shape index (κ1) is 18.6. The van der Waals surface area contributed by atoms with Crippen molar-refractivity contribution in [2.75, 3.05) is 18.0 Å². The molecule has 1 fully saturated rings. The van der Waals surface area contributed by atoms with E-state index in [-0.39, 0.29) is 0 Å². The lowest BCUT2D eigenvalue weighted by Gasteiger charge is -2.35. The minimum Gasteiger partial charge on any atom is -0.489 e. The molecule has 7 heteroatoms. The van der Waals surface area contributed by atoms with Gasteiger partial charge in [-0.15, -0.1) is 0 Å². The zero-order chi connectivity index (χ0) is 20.2. The Morgan fingerprint density at radius 1 is 1.07 bits per heavy atom. The molecule has 0 amide bonds. The number of imidazole rings is 1. The third kappa shape index (κ3) is 3.84. The number of ether oxygens (including phenoxy) is 1. The van der Waals surface area contributed by atoms with Gasteiger partial charge in [-0.3, -0.25) is 0 Å². The highest BCUT2D eigenvalue weighted by atomic mass is 16.5. The molecule has 0 bridgehead atoms. The minimum absolute atomic E-state index is 0.337. The normalized spacial score (nSPS) is 14.7. The van der Waals surface area contributed by atoms with Gasteiger partial charge in [0.05, 0.1) is 6.20 Å². The lowest BCUT2D eigenvalue weighted by Crippen LogP contribution is -2.41. The second-order valence-electron chi connectivity index (χ2n) is 7.43. The number of piperidine rings is 1. The van der Waals surface area contributed by atoms with Gasteiger partial charge in [0.15, 0.2) is 5.82 Å². The van der Waals surface area contributed by atoms with Gasteiger partial charge in [0.1, 0.15) is 30.5 Å². The molecule has 0 atom stereocenters. The van der Waals surface area contributed by atoms with E-state index in [0.29, 0.717) is 12.6 Å². The van der Waals surface area contributed by atoms with Crippen LogP contribution in [0.2, 0.25) is 0 Å². The molecule has 0 spiro atoms. The molecular formula is C23H24N6O. The second kappa shape index (κ2) is 8.51. The Hall–Kier alpha value is -3.45. The van der Waals surface area contributed by atoms with E-state index in [1.54, 1.807) is 17.2 Å². The van der Waals surface area contributed by atoms with Gasteiger partial charge < -0.3 is 15.0 Å². The molecule has 2 aromatic carbocycles. The maximum atomic E-state index is 6.09. The molecule has 1 aliphatic heterocycles. The molecule has 0 radical (unpaired) electrons. The van der Waals surface area contributed by atoms with Crippen molar-refractivity contribution in [1.82, 2.24) is 24.9 Å². The largest absolute Gasteiger partial charge is 0.489 e. The number of hydrogen-bond acceptors (Lipinski definition) is 6. The molecule has 30 heavy (non-hydrogen) atoms. The fourth-order valence-corrected chi connectivity index (χ4v) is 3.96. The fourth-order valence-electron chi connectivity index (χ4n) is 3.96. The smallest absolute Gasteiger partial charge is 0.162 e. The van der Waals surface area contributed by atoms with Gasteiger partial charge in [0.2, 0.25) is 0 Å². The summed E-state index contributed by atoms with van der Waals surface area (Å²) in [5.41, 5.74) is 3.11. The number of nitrogens with zero attached hydrogens (tertiary/aromatic N) is 5. The van der Waals surface area contributed by atoms with E-state index < -0.39 is 0 Å². The second-order valence-corrected chi connectivity index (χ2v) is 7.43. The Morgan fingerprint density at radius 3 is 2.80 bits per heavy atom. The van der Waals surface area contributed by atoms with Crippen LogP contribution in [-0.4, -0.2) is 38.7 Å². The summed E-state index contributed by atoms with van der Waals surface area (Å²) < 4.78 is 7.86. The highest BCUT2D eigenvalue weighted by Gasteiger charge is 2.26. The molecule has 0 saturated carbocycles. The molecule has 2 aromatic heterocycles. The van der Waals surface area contributed by atoms with Crippen LogP contribution in [0.3, 0.4) is 0 Å². The van der Waals surface area contributed by atoms with Gasteiger partial charge in [0, 0.05) is 17.8 Å². The Balaban J connectivity index is 1.49. The van der Waals surface area contributed by atoms with Crippen molar-refractivity contribution in [3.8, 4) is 5.75 Å². The third-order valence-corrected chi connectivity index (χ3v) is 5.45. The summed E-state index contributed by atoms with van der Waals surface area (Å²) in [6, 6.07) is 18.8. The zero-order valence-corrected chi connectivity index (χ0v) is 16.7. The van der Waals surface area contributed by atoms with E-state index in [4.69, 9.17) is 4.74 Å². The predicted octanol–water partition coefficient (Wildman–Crippen LogP) is 3.59. The van der Waals surface area contributed by atoms with Crippen LogP contribution in [0.5, 0.6) is 5.75 Å². The SMILES string of the molecule is c1ccc(COc2cccc(N(c3ncnn4cncc34)C3CCNCC3)c2)cc1. The van der Waals surface area contributed by atoms with E-state index in [9.17, 15) is 0 Å². The van der Waals surface area contributed by atoms with E-state index in [1.807, 2.05) is 36.5 Å². The Labute approximate surface area is 175 Å². The predicted molar refractivity (Wildman–Crippen MR) is 116 cm³/mol. The van der Waals surface area contributed by atoms with Gasteiger partial charge in [0.25, 0.3) is 0 Å². The summed E-state index contributed by atoms with van der Waals surface area (Å²) in [5, 5.41) is 7.74. The number of nitrogens with one attached hydrogen (secondary N) is 1. The van der Waals surface area contributed by atoms with E-state index in [1.165, 1.54) is 0 Å². The molecule has 7 nitrogen and oxygen atoms in total. The summed E-state index contributed by atoms with van der Waals surface area (Å²) in [5.74, 6) is 1.71. The Morgan fingerprint density at radius 2 is 1.93 bits per heavy atom. The van der Waals surface area contributed by atoms with Crippen LogP contribution < -0.4 is 15.0 Å². The van der Waals surface area contributed by atoms with Crippen molar-refractivity contribution in [2.24, 2.45) is 0 Å². The first-order valence-corrected chi connectivity index (χ1v) is 10.3. The van der Waals surface area contributed by atoms with Gasteiger partial charge in [-0.25, -0.2) is 14.5 Å². The highest BCUT2D eigenvalue weighted by molar-refractivity contribution is 5.75. The number of anilines is 2. The maximum Gasteiger partial charge on any atom is 0.162 e. The van der Waals surface area contributed by atoms with E-state index in [2.05, 4.69) is 49.5 Å². The van der Waals surface area contributed by atoms with Gasteiger partial charge >= 0.3 is 0 Å². The molecule has 4 aromatic rings. The van der Waals surface area contributed by atoms with Crippen LogP contribution >= 0.6 is 0 Å². The van der Waals surface area contributed by atoms with Crippen LogP contribution in [0.4, 0.5) is 11.5 Å². The quantitative estimate of drug-likeness (QED) is 0.533. The van der Waals surface area contributed by atoms with E-state index in [0.717, 1.165) is 54.3 Å². The first-order valence-electron chi connectivity index (χ1n) is 10.3. The molecule has 152 valence electrons. The third-order valence-electron chi connectivity index (χ3n) is 5.45. The van der Waals surface area contributed by atoms with Crippen molar-refractivity contribution in [3.05, 3.63) is 79.0 Å². The number of hydrogen-bond donors (Lipinski definition) is 1. The van der Waals surface area contributed by atoms with Crippen LogP contribution in [0.15, 0.2) is 73.4 Å². The molecule has 1 saturated heterocycles.